The minimum absolute atomic E-state index is 0.0677. The molecule has 0 saturated carbocycles. The van der Waals surface area contributed by atoms with Crippen LogP contribution in [0.4, 0.5) is 13.2 Å². The first-order valence-electron chi connectivity index (χ1n) is 7.09. The van der Waals surface area contributed by atoms with Gasteiger partial charge in [-0.25, -0.2) is 13.2 Å². The molecule has 0 unspecified atom stereocenters. The van der Waals surface area contributed by atoms with Gasteiger partial charge in [0.05, 0.1) is 7.11 Å². The highest BCUT2D eigenvalue weighted by molar-refractivity contribution is 5.40. The molecule has 21 heavy (non-hydrogen) atoms. The molecule has 3 nitrogen and oxygen atoms in total. The molecule has 1 aliphatic heterocycles. The van der Waals surface area contributed by atoms with Crippen LogP contribution in [0.3, 0.4) is 0 Å². The molecule has 118 valence electrons. The van der Waals surface area contributed by atoms with Gasteiger partial charge < -0.3 is 15.0 Å². The van der Waals surface area contributed by atoms with Crippen LogP contribution in [-0.2, 0) is 12.3 Å². The minimum Gasteiger partial charge on any atom is -0.493 e. The molecule has 0 radical (unpaired) electrons. The molecule has 1 aromatic carbocycles. The van der Waals surface area contributed by atoms with Crippen LogP contribution >= 0.6 is 0 Å². The molecule has 0 spiro atoms. The lowest BCUT2D eigenvalue weighted by Gasteiger charge is -2.27. The molecular weight excluding hydrogens is 281 g/mol. The maximum Gasteiger partial charge on any atom is 0.270 e. The molecule has 0 atom stereocenters. The Kier molecular flexibility index (Phi) is 5.11. The van der Waals surface area contributed by atoms with Crippen molar-refractivity contribution in [3.63, 3.8) is 0 Å². The molecule has 0 aliphatic carbocycles. The number of alkyl halides is 2. The van der Waals surface area contributed by atoms with Crippen molar-refractivity contribution in [3.8, 4) is 5.75 Å². The molecule has 2 rings (SSSR count). The smallest absolute Gasteiger partial charge is 0.270 e. The Morgan fingerprint density at radius 1 is 1.29 bits per heavy atom. The highest BCUT2D eigenvalue weighted by Crippen LogP contribution is 2.33. The number of methoxy groups -OCH3 is 1. The lowest BCUT2D eigenvalue weighted by molar-refractivity contribution is 0.0170. The zero-order valence-electron chi connectivity index (χ0n) is 12.4. The van der Waals surface area contributed by atoms with Crippen molar-refractivity contribution in [2.24, 2.45) is 0 Å². The fraction of sp³-hybridized carbons (Fsp3) is 0.600. The summed E-state index contributed by atoms with van der Waals surface area (Å²) in [7, 11) is 1.36. The van der Waals surface area contributed by atoms with Crippen molar-refractivity contribution in [3.05, 3.63) is 29.1 Å². The molecule has 1 N–H and O–H groups in total. The Morgan fingerprint density at radius 2 is 1.95 bits per heavy atom. The van der Waals surface area contributed by atoms with Gasteiger partial charge in [0.2, 0.25) is 0 Å². The maximum absolute atomic E-state index is 13.9. The number of hydrogen-bond acceptors (Lipinski definition) is 3. The Hall–Kier alpha value is -1.27. The van der Waals surface area contributed by atoms with E-state index in [9.17, 15) is 13.2 Å². The quantitative estimate of drug-likeness (QED) is 0.904. The van der Waals surface area contributed by atoms with E-state index in [0.29, 0.717) is 18.5 Å². The van der Waals surface area contributed by atoms with Crippen molar-refractivity contribution in [1.82, 2.24) is 10.2 Å². The Morgan fingerprint density at radius 3 is 2.52 bits per heavy atom. The summed E-state index contributed by atoms with van der Waals surface area (Å²) in [5.41, 5.74) is 0.184. The van der Waals surface area contributed by atoms with Gasteiger partial charge in [-0.3, -0.25) is 0 Å². The normalized spacial score (nSPS) is 17.0. The van der Waals surface area contributed by atoms with Crippen LogP contribution in [0, 0.1) is 5.82 Å². The van der Waals surface area contributed by atoms with Gasteiger partial charge in [-0.1, -0.05) is 0 Å². The van der Waals surface area contributed by atoms with Crippen molar-refractivity contribution < 1.29 is 17.9 Å². The SMILES string of the molecule is COc1c(F)cc(C(C)(F)F)cc1CCN1CCNCC1. The standard InChI is InChI=1S/C15H21F3N2O/c1-15(17,18)12-9-11(14(21-2)13(16)10-12)3-6-20-7-4-19-5-8-20/h9-10,19H,3-8H2,1-2H3. The molecular formula is C15H21F3N2O. The summed E-state index contributed by atoms with van der Waals surface area (Å²) < 4.78 is 45.8. The van der Waals surface area contributed by atoms with Crippen LogP contribution in [-0.4, -0.2) is 44.7 Å². The first-order valence-corrected chi connectivity index (χ1v) is 7.09. The number of piperazine rings is 1. The van der Waals surface area contributed by atoms with Gasteiger partial charge in [-0.05, 0) is 24.1 Å². The number of benzene rings is 1. The van der Waals surface area contributed by atoms with E-state index in [-0.39, 0.29) is 11.3 Å². The summed E-state index contributed by atoms with van der Waals surface area (Å²) in [5, 5.41) is 3.25. The van der Waals surface area contributed by atoms with Crippen LogP contribution in [0.15, 0.2) is 12.1 Å². The molecule has 0 amide bonds. The molecule has 6 heteroatoms. The number of rotatable bonds is 5. The zero-order chi connectivity index (χ0) is 15.5. The van der Waals surface area contributed by atoms with E-state index in [4.69, 9.17) is 4.74 Å². The highest BCUT2D eigenvalue weighted by atomic mass is 19.3. The van der Waals surface area contributed by atoms with E-state index in [2.05, 4.69) is 10.2 Å². The molecule has 1 aliphatic rings. The maximum atomic E-state index is 13.9. The zero-order valence-corrected chi connectivity index (χ0v) is 12.4. The van der Waals surface area contributed by atoms with Crippen LogP contribution in [0.5, 0.6) is 5.75 Å². The average Bonchev–Trinajstić information content (AvgIpc) is 2.44. The second-order valence-electron chi connectivity index (χ2n) is 5.38. The molecule has 1 aromatic rings. The summed E-state index contributed by atoms with van der Waals surface area (Å²) in [6, 6.07) is 2.21. The molecule has 1 heterocycles. The summed E-state index contributed by atoms with van der Waals surface area (Å²) in [4.78, 5) is 2.23. The van der Waals surface area contributed by atoms with Crippen molar-refractivity contribution in [2.45, 2.75) is 19.3 Å². The summed E-state index contributed by atoms with van der Waals surface area (Å²) in [5.74, 6) is -3.72. The summed E-state index contributed by atoms with van der Waals surface area (Å²) in [6.07, 6.45) is 0.490. The number of hydrogen-bond donors (Lipinski definition) is 1. The van der Waals surface area contributed by atoms with Crippen molar-refractivity contribution in [1.29, 1.82) is 0 Å². The molecule has 1 saturated heterocycles. The number of nitrogens with one attached hydrogen (secondary N) is 1. The van der Waals surface area contributed by atoms with Crippen LogP contribution < -0.4 is 10.1 Å². The molecule has 1 fully saturated rings. The Balaban J connectivity index is 2.17. The third-order valence-electron chi connectivity index (χ3n) is 3.74. The third kappa shape index (κ3) is 4.11. The van der Waals surface area contributed by atoms with Gasteiger partial charge in [0.25, 0.3) is 5.92 Å². The van der Waals surface area contributed by atoms with Gasteiger partial charge in [0, 0.05) is 45.2 Å². The third-order valence-corrected chi connectivity index (χ3v) is 3.74. The van der Waals surface area contributed by atoms with Gasteiger partial charge in [0.15, 0.2) is 11.6 Å². The van der Waals surface area contributed by atoms with E-state index >= 15 is 0 Å². The molecule has 0 aromatic heterocycles. The second kappa shape index (κ2) is 6.66. The fourth-order valence-corrected chi connectivity index (χ4v) is 2.53. The second-order valence-corrected chi connectivity index (χ2v) is 5.38. The molecule has 0 bridgehead atoms. The van der Waals surface area contributed by atoms with Crippen LogP contribution in [0.25, 0.3) is 0 Å². The largest absolute Gasteiger partial charge is 0.493 e. The number of nitrogens with zero attached hydrogens (tertiary/aromatic N) is 1. The lowest BCUT2D eigenvalue weighted by Crippen LogP contribution is -2.44. The van der Waals surface area contributed by atoms with Crippen LogP contribution in [0.1, 0.15) is 18.1 Å². The predicted molar refractivity (Wildman–Crippen MR) is 75.5 cm³/mol. The lowest BCUT2D eigenvalue weighted by atomic mass is 10.0. The van der Waals surface area contributed by atoms with E-state index in [0.717, 1.165) is 39.2 Å². The number of halogens is 3. The Labute approximate surface area is 123 Å². The van der Waals surface area contributed by atoms with Gasteiger partial charge in [-0.2, -0.15) is 0 Å². The first kappa shape index (κ1) is 16.1. The predicted octanol–water partition coefficient (Wildman–Crippen LogP) is 2.39. The summed E-state index contributed by atoms with van der Waals surface area (Å²) in [6.45, 7) is 5.13. The monoisotopic (exact) mass is 302 g/mol. The topological polar surface area (TPSA) is 24.5 Å². The van der Waals surface area contributed by atoms with Crippen molar-refractivity contribution in [2.75, 3.05) is 39.8 Å². The van der Waals surface area contributed by atoms with E-state index in [1.165, 1.54) is 13.2 Å². The van der Waals surface area contributed by atoms with Gasteiger partial charge in [0.1, 0.15) is 0 Å². The van der Waals surface area contributed by atoms with E-state index in [1.807, 2.05) is 0 Å². The number of ether oxygens (including phenoxy) is 1. The summed E-state index contributed by atoms with van der Waals surface area (Å²) >= 11 is 0. The van der Waals surface area contributed by atoms with Gasteiger partial charge >= 0.3 is 0 Å². The van der Waals surface area contributed by atoms with E-state index < -0.39 is 11.7 Å². The minimum atomic E-state index is -3.06. The Bertz CT molecular complexity index is 483. The van der Waals surface area contributed by atoms with Gasteiger partial charge in [-0.15, -0.1) is 0 Å². The fourth-order valence-electron chi connectivity index (χ4n) is 2.53. The van der Waals surface area contributed by atoms with E-state index in [1.54, 1.807) is 0 Å². The average molecular weight is 302 g/mol. The van der Waals surface area contributed by atoms with Crippen molar-refractivity contribution >= 4 is 0 Å². The first-order chi connectivity index (χ1) is 9.91. The van der Waals surface area contributed by atoms with Crippen LogP contribution in [0.2, 0.25) is 0 Å². The highest BCUT2D eigenvalue weighted by Gasteiger charge is 2.27.